The number of hydrogen-bond acceptors (Lipinski definition) is 3. The zero-order valence-corrected chi connectivity index (χ0v) is 13.7. The highest BCUT2D eigenvalue weighted by molar-refractivity contribution is 6.38. The van der Waals surface area contributed by atoms with Gasteiger partial charge in [0.2, 0.25) is 0 Å². The molecule has 0 amide bonds. The van der Waals surface area contributed by atoms with Crippen LogP contribution >= 0.6 is 23.2 Å². The second kappa shape index (κ2) is 6.99. The smallest absolute Gasteiger partial charge is 0.0693 e. The normalized spacial score (nSPS) is 17.9. The van der Waals surface area contributed by atoms with Gasteiger partial charge in [0.1, 0.15) is 0 Å². The number of nitrogens with zero attached hydrogens (tertiary/aromatic N) is 2. The fourth-order valence-electron chi connectivity index (χ4n) is 2.63. The second-order valence-electron chi connectivity index (χ2n) is 5.94. The van der Waals surface area contributed by atoms with E-state index in [0.717, 1.165) is 44.2 Å². The van der Waals surface area contributed by atoms with E-state index in [4.69, 9.17) is 28.9 Å². The molecule has 1 aliphatic heterocycles. The zero-order valence-electron chi connectivity index (χ0n) is 12.2. The standard InChI is InChI=1S/C15H23Cl2N3/c1-11(2)9-19-3-5-20(6-4-19)10-12-7-13(16)15(18)14(17)8-12/h7-8,11H,3-6,9-10,18H2,1-2H3. The van der Waals surface area contributed by atoms with Gasteiger partial charge < -0.3 is 10.6 Å². The van der Waals surface area contributed by atoms with Gasteiger partial charge in [-0.3, -0.25) is 4.90 Å². The fraction of sp³-hybridized carbons (Fsp3) is 0.600. The average molecular weight is 316 g/mol. The Morgan fingerprint density at radius 2 is 1.55 bits per heavy atom. The molecule has 0 saturated carbocycles. The zero-order chi connectivity index (χ0) is 14.7. The van der Waals surface area contributed by atoms with Gasteiger partial charge in [0.15, 0.2) is 0 Å². The monoisotopic (exact) mass is 315 g/mol. The van der Waals surface area contributed by atoms with Crippen molar-refractivity contribution in [3.05, 3.63) is 27.7 Å². The molecule has 1 aromatic carbocycles. The van der Waals surface area contributed by atoms with Crippen molar-refractivity contribution in [2.75, 3.05) is 38.5 Å². The molecule has 1 aromatic rings. The molecule has 2 rings (SSSR count). The van der Waals surface area contributed by atoms with E-state index in [0.29, 0.717) is 15.7 Å². The maximum atomic E-state index is 6.08. The lowest BCUT2D eigenvalue weighted by molar-refractivity contribution is 0.117. The Bertz CT molecular complexity index is 431. The van der Waals surface area contributed by atoms with Crippen molar-refractivity contribution in [2.24, 2.45) is 5.92 Å². The summed E-state index contributed by atoms with van der Waals surface area (Å²) in [5.41, 5.74) is 7.37. The largest absolute Gasteiger partial charge is 0.396 e. The molecule has 0 radical (unpaired) electrons. The molecular formula is C15H23Cl2N3. The molecule has 1 saturated heterocycles. The summed E-state index contributed by atoms with van der Waals surface area (Å²) in [6, 6.07) is 3.84. The minimum absolute atomic E-state index is 0.471. The summed E-state index contributed by atoms with van der Waals surface area (Å²) in [5, 5.41) is 1.09. The Morgan fingerprint density at radius 1 is 1.05 bits per heavy atom. The lowest BCUT2D eigenvalue weighted by Crippen LogP contribution is -2.46. The lowest BCUT2D eigenvalue weighted by atomic mass is 10.1. The van der Waals surface area contributed by atoms with E-state index in [9.17, 15) is 0 Å². The van der Waals surface area contributed by atoms with Crippen LogP contribution in [0.25, 0.3) is 0 Å². The SMILES string of the molecule is CC(C)CN1CCN(Cc2cc(Cl)c(N)c(Cl)c2)CC1. The topological polar surface area (TPSA) is 32.5 Å². The molecule has 112 valence electrons. The molecule has 3 nitrogen and oxygen atoms in total. The highest BCUT2D eigenvalue weighted by atomic mass is 35.5. The first-order valence-electron chi connectivity index (χ1n) is 7.14. The first-order chi connectivity index (χ1) is 9.45. The molecule has 0 bridgehead atoms. The Hall–Kier alpha value is -0.480. The number of piperazine rings is 1. The highest BCUT2D eigenvalue weighted by Crippen LogP contribution is 2.29. The number of halogens is 2. The van der Waals surface area contributed by atoms with Gasteiger partial charge in [0, 0.05) is 39.3 Å². The van der Waals surface area contributed by atoms with Crippen LogP contribution in [0.1, 0.15) is 19.4 Å². The summed E-state index contributed by atoms with van der Waals surface area (Å²) >= 11 is 12.2. The van der Waals surface area contributed by atoms with Gasteiger partial charge in [-0.25, -0.2) is 0 Å². The van der Waals surface area contributed by atoms with E-state index < -0.39 is 0 Å². The molecule has 1 aliphatic rings. The van der Waals surface area contributed by atoms with Crippen molar-refractivity contribution in [2.45, 2.75) is 20.4 Å². The van der Waals surface area contributed by atoms with Crippen molar-refractivity contribution in [3.63, 3.8) is 0 Å². The molecule has 0 unspecified atom stereocenters. The first kappa shape index (κ1) is 15.9. The van der Waals surface area contributed by atoms with Crippen LogP contribution in [0.3, 0.4) is 0 Å². The van der Waals surface area contributed by atoms with Gasteiger partial charge >= 0.3 is 0 Å². The van der Waals surface area contributed by atoms with Crippen LogP contribution < -0.4 is 5.73 Å². The van der Waals surface area contributed by atoms with Gasteiger partial charge in [-0.15, -0.1) is 0 Å². The Balaban J connectivity index is 1.89. The lowest BCUT2D eigenvalue weighted by Gasteiger charge is -2.35. The Labute approximate surface area is 131 Å². The molecule has 5 heteroatoms. The number of benzene rings is 1. The van der Waals surface area contributed by atoms with Gasteiger partial charge in [-0.1, -0.05) is 37.0 Å². The third-order valence-electron chi connectivity index (χ3n) is 3.63. The van der Waals surface area contributed by atoms with Crippen LogP contribution in [0.2, 0.25) is 10.0 Å². The van der Waals surface area contributed by atoms with Crippen LogP contribution in [-0.4, -0.2) is 42.5 Å². The number of rotatable bonds is 4. The average Bonchev–Trinajstić information content (AvgIpc) is 2.37. The Morgan fingerprint density at radius 3 is 2.05 bits per heavy atom. The molecule has 0 spiro atoms. The van der Waals surface area contributed by atoms with Gasteiger partial charge in [-0.2, -0.15) is 0 Å². The minimum Gasteiger partial charge on any atom is -0.396 e. The molecular weight excluding hydrogens is 293 g/mol. The van der Waals surface area contributed by atoms with E-state index in [-0.39, 0.29) is 0 Å². The minimum atomic E-state index is 0.471. The van der Waals surface area contributed by atoms with E-state index in [2.05, 4.69) is 23.6 Å². The number of nitrogens with two attached hydrogens (primary N) is 1. The molecule has 1 heterocycles. The molecule has 0 aromatic heterocycles. The van der Waals surface area contributed by atoms with Crippen LogP contribution in [0, 0.1) is 5.92 Å². The van der Waals surface area contributed by atoms with Crippen molar-refractivity contribution in [1.82, 2.24) is 9.80 Å². The summed E-state index contributed by atoms with van der Waals surface area (Å²) in [6.45, 7) is 11.1. The number of hydrogen-bond donors (Lipinski definition) is 1. The number of nitrogen functional groups attached to an aromatic ring is 1. The predicted molar refractivity (Wildman–Crippen MR) is 87.4 cm³/mol. The van der Waals surface area contributed by atoms with Crippen LogP contribution in [0.4, 0.5) is 5.69 Å². The van der Waals surface area contributed by atoms with Crippen LogP contribution in [0.15, 0.2) is 12.1 Å². The van der Waals surface area contributed by atoms with E-state index >= 15 is 0 Å². The van der Waals surface area contributed by atoms with Gasteiger partial charge in [0.05, 0.1) is 15.7 Å². The summed E-state index contributed by atoms with van der Waals surface area (Å²) < 4.78 is 0. The van der Waals surface area contributed by atoms with Crippen molar-refractivity contribution in [3.8, 4) is 0 Å². The molecule has 0 aliphatic carbocycles. The maximum absolute atomic E-state index is 6.08. The third kappa shape index (κ3) is 4.26. The first-order valence-corrected chi connectivity index (χ1v) is 7.89. The van der Waals surface area contributed by atoms with Crippen molar-refractivity contribution < 1.29 is 0 Å². The van der Waals surface area contributed by atoms with E-state index in [1.54, 1.807) is 0 Å². The summed E-state index contributed by atoms with van der Waals surface area (Å²) in [7, 11) is 0. The fourth-order valence-corrected chi connectivity index (χ4v) is 3.16. The van der Waals surface area contributed by atoms with E-state index in [1.165, 1.54) is 6.54 Å². The van der Waals surface area contributed by atoms with Crippen molar-refractivity contribution in [1.29, 1.82) is 0 Å². The quantitative estimate of drug-likeness (QED) is 0.865. The number of anilines is 1. The van der Waals surface area contributed by atoms with Crippen molar-refractivity contribution >= 4 is 28.9 Å². The summed E-state index contributed by atoms with van der Waals surface area (Å²) in [4.78, 5) is 4.97. The van der Waals surface area contributed by atoms with Gasteiger partial charge in [0.25, 0.3) is 0 Å². The highest BCUT2D eigenvalue weighted by Gasteiger charge is 2.18. The Kier molecular flexibility index (Phi) is 5.56. The van der Waals surface area contributed by atoms with E-state index in [1.807, 2.05) is 12.1 Å². The third-order valence-corrected chi connectivity index (χ3v) is 4.26. The second-order valence-corrected chi connectivity index (χ2v) is 6.76. The summed E-state index contributed by atoms with van der Waals surface area (Å²) in [6.07, 6.45) is 0. The molecule has 2 N–H and O–H groups in total. The molecule has 1 fully saturated rings. The molecule has 0 atom stereocenters. The van der Waals surface area contributed by atoms with Crippen LogP contribution in [-0.2, 0) is 6.54 Å². The summed E-state index contributed by atoms with van der Waals surface area (Å²) in [5.74, 6) is 0.733. The maximum Gasteiger partial charge on any atom is 0.0693 e. The predicted octanol–water partition coefficient (Wildman–Crippen LogP) is 3.35. The van der Waals surface area contributed by atoms with Crippen LogP contribution in [0.5, 0.6) is 0 Å². The molecule has 20 heavy (non-hydrogen) atoms. The van der Waals surface area contributed by atoms with Gasteiger partial charge in [-0.05, 0) is 23.6 Å².